The van der Waals surface area contributed by atoms with Crippen LogP contribution in [0.25, 0.3) is 0 Å². The van der Waals surface area contributed by atoms with E-state index in [4.69, 9.17) is 4.74 Å². The maximum absolute atomic E-state index is 12.4. The Kier molecular flexibility index (Phi) is 5.43. The first-order valence-electron chi connectivity index (χ1n) is 8.36. The van der Waals surface area contributed by atoms with Crippen LogP contribution in [0.3, 0.4) is 0 Å². The van der Waals surface area contributed by atoms with E-state index in [2.05, 4.69) is 22.3 Å². The number of unbranched alkanes of at least 4 members (excludes halogenated alkanes) is 1. The Morgan fingerprint density at radius 3 is 2.80 bits per heavy atom. The van der Waals surface area contributed by atoms with E-state index in [0.717, 1.165) is 35.0 Å². The van der Waals surface area contributed by atoms with Gasteiger partial charge in [0.2, 0.25) is 11.1 Å². The second-order valence-corrected chi connectivity index (χ2v) is 6.90. The highest BCUT2D eigenvalue weighted by molar-refractivity contribution is 7.99. The number of methoxy groups -OCH3 is 1. The van der Waals surface area contributed by atoms with Gasteiger partial charge < -0.3 is 10.1 Å². The standard InChI is InChI=1S/C18H22N4O2S/c1-4-5-11-25-18-20-17-19-12(2)14(16(23)24-3)15(22(17)21-18)13-9-7-6-8-10-13/h6-10,15H,4-5,11H2,1-3H3,(H,19,20,21). The molecule has 1 atom stereocenters. The van der Waals surface area contributed by atoms with Crippen molar-refractivity contribution in [3.05, 3.63) is 47.2 Å². The van der Waals surface area contributed by atoms with Crippen LogP contribution in [0.4, 0.5) is 5.95 Å². The predicted molar refractivity (Wildman–Crippen MR) is 98.6 cm³/mol. The summed E-state index contributed by atoms with van der Waals surface area (Å²) in [4.78, 5) is 17.0. The maximum Gasteiger partial charge on any atom is 0.338 e. The van der Waals surface area contributed by atoms with Crippen LogP contribution in [-0.2, 0) is 9.53 Å². The van der Waals surface area contributed by atoms with E-state index in [9.17, 15) is 4.79 Å². The number of nitrogens with one attached hydrogen (secondary N) is 1. The van der Waals surface area contributed by atoms with Gasteiger partial charge in [-0.3, -0.25) is 0 Å². The lowest BCUT2D eigenvalue weighted by atomic mass is 9.96. The molecule has 7 heteroatoms. The van der Waals surface area contributed by atoms with E-state index >= 15 is 0 Å². The number of fused-ring (bicyclic) bond motifs is 1. The Morgan fingerprint density at radius 2 is 2.12 bits per heavy atom. The minimum Gasteiger partial charge on any atom is -0.466 e. The molecule has 0 fully saturated rings. The SMILES string of the molecule is CCCCSc1nc2n(n1)C(c1ccccc1)C(C(=O)OC)=C(C)N2. The Labute approximate surface area is 151 Å². The molecule has 0 spiro atoms. The van der Waals surface area contributed by atoms with E-state index in [1.54, 1.807) is 16.4 Å². The molecular weight excluding hydrogens is 336 g/mol. The highest BCUT2D eigenvalue weighted by Gasteiger charge is 2.34. The van der Waals surface area contributed by atoms with Crippen molar-refractivity contribution in [1.29, 1.82) is 0 Å². The van der Waals surface area contributed by atoms with Crippen molar-refractivity contribution >= 4 is 23.7 Å². The number of ether oxygens (including phenoxy) is 1. The molecule has 0 bridgehead atoms. The molecule has 1 aromatic heterocycles. The number of thioether (sulfide) groups is 1. The molecule has 0 aliphatic carbocycles. The number of anilines is 1. The van der Waals surface area contributed by atoms with E-state index in [-0.39, 0.29) is 12.0 Å². The van der Waals surface area contributed by atoms with Crippen LogP contribution < -0.4 is 5.32 Å². The van der Waals surface area contributed by atoms with Crippen molar-refractivity contribution in [3.8, 4) is 0 Å². The van der Waals surface area contributed by atoms with E-state index < -0.39 is 0 Å². The fourth-order valence-corrected chi connectivity index (χ4v) is 3.73. The van der Waals surface area contributed by atoms with Gasteiger partial charge in [0.1, 0.15) is 6.04 Å². The number of aromatic nitrogens is 3. The van der Waals surface area contributed by atoms with Gasteiger partial charge in [-0.1, -0.05) is 55.4 Å². The lowest BCUT2D eigenvalue weighted by Crippen LogP contribution is -2.29. The first-order chi connectivity index (χ1) is 12.2. The number of hydrogen-bond donors (Lipinski definition) is 1. The van der Waals surface area contributed by atoms with Crippen LogP contribution in [0.5, 0.6) is 0 Å². The third-order valence-electron chi connectivity index (χ3n) is 4.08. The Bertz CT molecular complexity index is 786. The predicted octanol–water partition coefficient (Wildman–Crippen LogP) is 3.63. The van der Waals surface area contributed by atoms with Crippen molar-refractivity contribution < 1.29 is 9.53 Å². The molecule has 25 heavy (non-hydrogen) atoms. The van der Waals surface area contributed by atoms with Gasteiger partial charge in [-0.25, -0.2) is 9.48 Å². The van der Waals surface area contributed by atoms with E-state index in [0.29, 0.717) is 11.5 Å². The van der Waals surface area contributed by atoms with Crippen molar-refractivity contribution in [2.45, 2.75) is 37.9 Å². The van der Waals surface area contributed by atoms with Gasteiger partial charge in [0, 0.05) is 11.4 Å². The molecule has 132 valence electrons. The Balaban J connectivity index is 2.03. The summed E-state index contributed by atoms with van der Waals surface area (Å²) in [7, 11) is 1.40. The Morgan fingerprint density at radius 1 is 1.36 bits per heavy atom. The molecule has 0 saturated carbocycles. The first-order valence-corrected chi connectivity index (χ1v) is 9.34. The number of esters is 1. The van der Waals surface area contributed by atoms with Crippen LogP contribution in [0, 0.1) is 0 Å². The number of carbonyl (C=O) groups excluding carboxylic acids is 1. The van der Waals surface area contributed by atoms with E-state index in [1.807, 2.05) is 37.3 Å². The zero-order valence-corrected chi connectivity index (χ0v) is 15.5. The number of rotatable bonds is 6. The van der Waals surface area contributed by atoms with Crippen molar-refractivity contribution in [1.82, 2.24) is 14.8 Å². The monoisotopic (exact) mass is 358 g/mol. The molecular formula is C18H22N4O2S. The average Bonchev–Trinajstić information content (AvgIpc) is 3.03. The maximum atomic E-state index is 12.4. The van der Waals surface area contributed by atoms with Gasteiger partial charge in [0.25, 0.3) is 0 Å². The molecule has 1 unspecified atom stereocenters. The molecule has 1 N–H and O–H groups in total. The van der Waals surface area contributed by atoms with Crippen molar-refractivity contribution in [3.63, 3.8) is 0 Å². The second-order valence-electron chi connectivity index (χ2n) is 5.83. The molecule has 0 saturated heterocycles. The summed E-state index contributed by atoms with van der Waals surface area (Å²) < 4.78 is 6.79. The number of benzene rings is 1. The van der Waals surface area contributed by atoms with Crippen LogP contribution >= 0.6 is 11.8 Å². The van der Waals surface area contributed by atoms with Crippen LogP contribution in [0.2, 0.25) is 0 Å². The van der Waals surface area contributed by atoms with Crippen LogP contribution in [-0.4, -0.2) is 33.6 Å². The van der Waals surface area contributed by atoms with Crippen molar-refractivity contribution in [2.24, 2.45) is 0 Å². The lowest BCUT2D eigenvalue weighted by Gasteiger charge is -2.27. The van der Waals surface area contributed by atoms with Gasteiger partial charge >= 0.3 is 5.97 Å². The zero-order valence-electron chi connectivity index (χ0n) is 14.7. The number of carbonyl (C=O) groups is 1. The Hall–Kier alpha value is -2.28. The zero-order chi connectivity index (χ0) is 17.8. The molecule has 0 amide bonds. The highest BCUT2D eigenvalue weighted by Crippen LogP contribution is 2.36. The summed E-state index contributed by atoms with van der Waals surface area (Å²) in [6.45, 7) is 4.03. The summed E-state index contributed by atoms with van der Waals surface area (Å²) in [5, 5.41) is 8.55. The van der Waals surface area contributed by atoms with E-state index in [1.165, 1.54) is 7.11 Å². The largest absolute Gasteiger partial charge is 0.466 e. The third kappa shape index (κ3) is 3.56. The summed E-state index contributed by atoms with van der Waals surface area (Å²) in [5.74, 6) is 1.27. The average molecular weight is 358 g/mol. The summed E-state index contributed by atoms with van der Waals surface area (Å²) in [6, 6.07) is 9.48. The molecule has 1 aromatic carbocycles. The number of allylic oxidation sites excluding steroid dienone is 1. The quantitative estimate of drug-likeness (QED) is 0.483. The van der Waals surface area contributed by atoms with Gasteiger partial charge in [0.05, 0.1) is 12.7 Å². The topological polar surface area (TPSA) is 69.0 Å². The smallest absolute Gasteiger partial charge is 0.338 e. The molecule has 1 aliphatic heterocycles. The van der Waals surface area contributed by atoms with Gasteiger partial charge in [-0.2, -0.15) is 4.98 Å². The summed E-state index contributed by atoms with van der Waals surface area (Å²) in [6.07, 6.45) is 2.26. The third-order valence-corrected chi connectivity index (χ3v) is 5.01. The van der Waals surface area contributed by atoms with Gasteiger partial charge in [-0.15, -0.1) is 5.10 Å². The number of nitrogens with zero attached hydrogens (tertiary/aromatic N) is 3. The number of hydrogen-bond acceptors (Lipinski definition) is 6. The lowest BCUT2D eigenvalue weighted by molar-refractivity contribution is -0.136. The molecule has 1 aliphatic rings. The minimum absolute atomic E-state index is 0.349. The molecule has 2 aromatic rings. The van der Waals surface area contributed by atoms with Gasteiger partial charge in [-0.05, 0) is 18.9 Å². The fourth-order valence-electron chi connectivity index (χ4n) is 2.82. The molecule has 6 nitrogen and oxygen atoms in total. The normalized spacial score (nSPS) is 16.4. The minimum atomic E-state index is -0.361. The van der Waals surface area contributed by atoms with Gasteiger partial charge in [0.15, 0.2) is 0 Å². The molecule has 2 heterocycles. The summed E-state index contributed by atoms with van der Waals surface area (Å²) >= 11 is 1.63. The highest BCUT2D eigenvalue weighted by atomic mass is 32.2. The fraction of sp³-hybridized carbons (Fsp3) is 0.389. The molecule has 3 rings (SSSR count). The summed E-state index contributed by atoms with van der Waals surface area (Å²) in [5.41, 5.74) is 2.27. The van der Waals surface area contributed by atoms with Crippen LogP contribution in [0.15, 0.2) is 46.8 Å². The second kappa shape index (κ2) is 7.74. The molecule has 0 radical (unpaired) electrons. The van der Waals surface area contributed by atoms with Crippen LogP contribution in [0.1, 0.15) is 38.3 Å². The first kappa shape index (κ1) is 17.5. The van der Waals surface area contributed by atoms with Crippen molar-refractivity contribution in [2.75, 3.05) is 18.2 Å².